The Morgan fingerprint density at radius 1 is 1.14 bits per heavy atom. The van der Waals surface area contributed by atoms with Crippen LogP contribution < -0.4 is 10.2 Å². The van der Waals surface area contributed by atoms with Crippen molar-refractivity contribution >= 4 is 21.9 Å². The molecule has 0 aliphatic carbocycles. The van der Waals surface area contributed by atoms with Crippen molar-refractivity contribution in [2.24, 2.45) is 0 Å². The third-order valence-electron chi connectivity index (χ3n) is 3.11. The summed E-state index contributed by atoms with van der Waals surface area (Å²) in [6.07, 6.45) is 0. The molecule has 2 aromatic carbocycles. The molecule has 1 aromatic heterocycles. The van der Waals surface area contributed by atoms with E-state index in [9.17, 15) is 15.0 Å². The molecular formula is C15H12O6. The van der Waals surface area contributed by atoms with E-state index in [0.29, 0.717) is 11.1 Å². The van der Waals surface area contributed by atoms with Gasteiger partial charge in [0.2, 0.25) is 11.2 Å². The second kappa shape index (κ2) is 4.99. The summed E-state index contributed by atoms with van der Waals surface area (Å²) in [4.78, 5) is 12.4. The highest BCUT2D eigenvalue weighted by Gasteiger charge is 2.14. The monoisotopic (exact) mass is 288 g/mol. The molecule has 6 heteroatoms. The van der Waals surface area contributed by atoms with Crippen molar-refractivity contribution in [2.45, 2.75) is 0 Å². The lowest BCUT2D eigenvalue weighted by molar-refractivity contribution is 0.0512. The molecule has 108 valence electrons. The minimum atomic E-state index is -0.463. The summed E-state index contributed by atoms with van der Waals surface area (Å²) in [6, 6.07) is 7.39. The van der Waals surface area contributed by atoms with Gasteiger partial charge in [0.1, 0.15) is 11.3 Å². The van der Waals surface area contributed by atoms with Crippen molar-refractivity contribution in [2.75, 3.05) is 13.9 Å². The summed E-state index contributed by atoms with van der Waals surface area (Å²) in [5, 5.41) is 19.9. The first-order chi connectivity index (χ1) is 10.1. The predicted octanol–water partition coefficient (Wildman–Crippen LogP) is 2.34. The van der Waals surface area contributed by atoms with Crippen molar-refractivity contribution in [3.8, 4) is 17.2 Å². The van der Waals surface area contributed by atoms with Gasteiger partial charge >= 0.3 is 0 Å². The van der Waals surface area contributed by atoms with Crippen molar-refractivity contribution < 1.29 is 24.1 Å². The smallest absolute Gasteiger partial charge is 0.201 e. The fourth-order valence-electron chi connectivity index (χ4n) is 2.09. The van der Waals surface area contributed by atoms with Gasteiger partial charge in [-0.3, -0.25) is 4.79 Å². The SMILES string of the molecule is COCOc1ccc2c(=O)c3ccc(O)c(O)c3oc2c1. The van der Waals surface area contributed by atoms with E-state index < -0.39 is 5.75 Å². The van der Waals surface area contributed by atoms with Gasteiger partial charge in [0, 0.05) is 13.2 Å². The predicted molar refractivity (Wildman–Crippen MR) is 75.8 cm³/mol. The van der Waals surface area contributed by atoms with E-state index in [0.717, 1.165) is 0 Å². The van der Waals surface area contributed by atoms with Crippen LogP contribution in [-0.4, -0.2) is 24.1 Å². The van der Waals surface area contributed by atoms with Crippen LogP contribution in [0.5, 0.6) is 17.2 Å². The molecule has 3 aromatic rings. The zero-order valence-corrected chi connectivity index (χ0v) is 11.1. The van der Waals surface area contributed by atoms with Gasteiger partial charge in [-0.05, 0) is 24.3 Å². The van der Waals surface area contributed by atoms with E-state index in [4.69, 9.17) is 13.9 Å². The zero-order chi connectivity index (χ0) is 15.0. The molecule has 0 atom stereocenters. The molecule has 3 rings (SSSR count). The van der Waals surface area contributed by atoms with Crippen LogP contribution in [0.2, 0.25) is 0 Å². The molecule has 0 radical (unpaired) electrons. The van der Waals surface area contributed by atoms with Gasteiger partial charge in [-0.2, -0.15) is 0 Å². The molecule has 21 heavy (non-hydrogen) atoms. The minimum absolute atomic E-state index is 0.0589. The molecule has 2 N–H and O–H groups in total. The molecule has 0 aliphatic rings. The van der Waals surface area contributed by atoms with Crippen molar-refractivity contribution in [3.05, 3.63) is 40.6 Å². The molecule has 0 bridgehead atoms. The summed E-state index contributed by atoms with van der Waals surface area (Å²) in [5.41, 5.74) is -0.0989. The largest absolute Gasteiger partial charge is 0.504 e. The molecule has 0 saturated heterocycles. The summed E-state index contributed by atoms with van der Waals surface area (Å²) in [5.74, 6) is -0.349. The Labute approximate surface area is 118 Å². The molecule has 0 unspecified atom stereocenters. The fraction of sp³-hybridized carbons (Fsp3) is 0.133. The molecule has 0 fully saturated rings. The molecule has 0 aliphatic heterocycles. The third-order valence-corrected chi connectivity index (χ3v) is 3.11. The van der Waals surface area contributed by atoms with Gasteiger partial charge in [-0.15, -0.1) is 0 Å². The van der Waals surface area contributed by atoms with E-state index in [1.807, 2.05) is 0 Å². The van der Waals surface area contributed by atoms with E-state index in [1.54, 1.807) is 12.1 Å². The van der Waals surface area contributed by atoms with Crippen molar-refractivity contribution in [3.63, 3.8) is 0 Å². The Morgan fingerprint density at radius 2 is 1.90 bits per heavy atom. The molecule has 0 spiro atoms. The number of methoxy groups -OCH3 is 1. The van der Waals surface area contributed by atoms with E-state index in [1.165, 1.54) is 25.3 Å². The van der Waals surface area contributed by atoms with Crippen molar-refractivity contribution in [1.29, 1.82) is 0 Å². The Morgan fingerprint density at radius 3 is 2.67 bits per heavy atom. The van der Waals surface area contributed by atoms with Gasteiger partial charge in [-0.1, -0.05) is 0 Å². The topological polar surface area (TPSA) is 89.1 Å². The highest BCUT2D eigenvalue weighted by atomic mass is 16.7. The highest BCUT2D eigenvalue weighted by molar-refractivity contribution is 5.93. The molecule has 0 amide bonds. The number of aromatic hydroxyl groups is 2. The van der Waals surface area contributed by atoms with Gasteiger partial charge in [0.05, 0.1) is 10.8 Å². The van der Waals surface area contributed by atoms with E-state index in [2.05, 4.69) is 0 Å². The molecule has 6 nitrogen and oxygen atoms in total. The van der Waals surface area contributed by atoms with Crippen LogP contribution in [0.4, 0.5) is 0 Å². The normalized spacial score (nSPS) is 11.1. The lowest BCUT2D eigenvalue weighted by Gasteiger charge is -2.07. The summed E-state index contributed by atoms with van der Waals surface area (Å²) in [7, 11) is 1.50. The Bertz CT molecular complexity index is 881. The number of phenols is 2. The Kier molecular flexibility index (Phi) is 3.15. The van der Waals surface area contributed by atoms with Gasteiger partial charge in [0.25, 0.3) is 0 Å². The highest BCUT2D eigenvalue weighted by Crippen LogP contribution is 2.34. The van der Waals surface area contributed by atoms with Gasteiger partial charge < -0.3 is 24.1 Å². The van der Waals surface area contributed by atoms with E-state index in [-0.39, 0.29) is 34.5 Å². The van der Waals surface area contributed by atoms with E-state index >= 15 is 0 Å². The van der Waals surface area contributed by atoms with Gasteiger partial charge in [-0.25, -0.2) is 0 Å². The van der Waals surface area contributed by atoms with Crippen LogP contribution in [-0.2, 0) is 4.74 Å². The van der Waals surface area contributed by atoms with Crippen LogP contribution in [0.3, 0.4) is 0 Å². The van der Waals surface area contributed by atoms with Crippen LogP contribution in [0.25, 0.3) is 21.9 Å². The van der Waals surface area contributed by atoms with Gasteiger partial charge in [0.15, 0.2) is 18.1 Å². The first-order valence-electron chi connectivity index (χ1n) is 6.15. The second-order valence-electron chi connectivity index (χ2n) is 4.45. The number of benzene rings is 2. The second-order valence-corrected chi connectivity index (χ2v) is 4.45. The standard InChI is InChI=1S/C15H12O6/c1-19-7-20-8-2-3-9-12(6-8)21-15-10(13(9)17)4-5-11(16)14(15)18/h2-6,16,18H,7H2,1H3. The van der Waals surface area contributed by atoms with Crippen LogP contribution >= 0.6 is 0 Å². The maximum absolute atomic E-state index is 12.4. The lowest BCUT2D eigenvalue weighted by Crippen LogP contribution is -2.03. The number of rotatable bonds is 3. The molecule has 1 heterocycles. The number of ether oxygens (including phenoxy) is 2. The number of phenolic OH excluding ortho intramolecular Hbond substituents is 2. The number of hydrogen-bond acceptors (Lipinski definition) is 6. The lowest BCUT2D eigenvalue weighted by atomic mass is 10.1. The Balaban J connectivity index is 2.30. The summed E-state index contributed by atoms with van der Waals surface area (Å²) < 4.78 is 15.6. The van der Waals surface area contributed by atoms with Crippen LogP contribution in [0.1, 0.15) is 0 Å². The van der Waals surface area contributed by atoms with Crippen LogP contribution in [0.15, 0.2) is 39.5 Å². The number of hydrogen-bond donors (Lipinski definition) is 2. The van der Waals surface area contributed by atoms with Crippen LogP contribution in [0, 0.1) is 0 Å². The molecule has 0 saturated carbocycles. The summed E-state index contributed by atoms with van der Waals surface area (Å²) >= 11 is 0. The summed E-state index contributed by atoms with van der Waals surface area (Å²) in [6.45, 7) is 0.0648. The minimum Gasteiger partial charge on any atom is -0.504 e. The first-order valence-corrected chi connectivity index (χ1v) is 6.15. The molecular weight excluding hydrogens is 276 g/mol. The average Bonchev–Trinajstić information content (AvgIpc) is 2.49. The average molecular weight is 288 g/mol. The first kappa shape index (κ1) is 13.3. The maximum atomic E-state index is 12.4. The quantitative estimate of drug-likeness (QED) is 0.437. The third kappa shape index (κ3) is 2.15. The fourth-order valence-corrected chi connectivity index (χ4v) is 2.09. The Hall–Kier alpha value is -2.73. The zero-order valence-electron chi connectivity index (χ0n) is 11.1. The maximum Gasteiger partial charge on any atom is 0.201 e. The van der Waals surface area contributed by atoms with Crippen molar-refractivity contribution in [1.82, 2.24) is 0 Å². The number of fused-ring (bicyclic) bond motifs is 2.